The van der Waals surface area contributed by atoms with E-state index in [1.54, 1.807) is 0 Å². The standard InChI is InChI=1S/C6H7O9P.C6H8O7/c7-3(8)1-6(5(11)12,2-4(9)10)15-16(13)14;7-3(8)1-6(13,5(11)12)2-4(9)10/h1-2H2,(H,7,8)(H,9,10)(H,11,12);13H,1-2H2,(H,7,8)(H,9,10)(H,11,12). The highest BCUT2D eigenvalue weighted by atomic mass is 31.1. The molecule has 0 aliphatic heterocycles. The van der Waals surface area contributed by atoms with Gasteiger partial charge in [0.1, 0.15) is 0 Å². The molecule has 0 aliphatic rings. The topological polar surface area (TPSA) is 293 Å². The first-order chi connectivity index (χ1) is 13.0. The van der Waals surface area contributed by atoms with E-state index in [2.05, 4.69) is 4.52 Å². The van der Waals surface area contributed by atoms with Gasteiger partial charge in [-0.2, -0.15) is 0 Å². The molecule has 164 valence electrons. The molecule has 0 saturated carbocycles. The van der Waals surface area contributed by atoms with Gasteiger partial charge in [0.2, 0.25) is 5.60 Å². The lowest BCUT2D eigenvalue weighted by atomic mass is 9.96. The van der Waals surface area contributed by atoms with Gasteiger partial charge < -0.3 is 40.6 Å². The number of aliphatic hydroxyl groups is 1. The molecule has 0 spiro atoms. The van der Waals surface area contributed by atoms with Gasteiger partial charge in [0.15, 0.2) is 5.60 Å². The first-order valence-corrected chi connectivity index (χ1v) is 7.97. The summed E-state index contributed by atoms with van der Waals surface area (Å²) in [5.41, 5.74) is -5.55. The molecule has 29 heavy (non-hydrogen) atoms. The molecule has 0 aliphatic carbocycles. The van der Waals surface area contributed by atoms with Crippen LogP contribution in [0.15, 0.2) is 0 Å². The molecule has 0 fully saturated rings. The molecule has 0 amide bonds. The Morgan fingerprint density at radius 2 is 1.00 bits per heavy atom. The third-order valence-corrected chi connectivity index (χ3v) is 3.30. The van der Waals surface area contributed by atoms with Crippen molar-refractivity contribution in [2.45, 2.75) is 36.9 Å². The third kappa shape index (κ3) is 11.3. The van der Waals surface area contributed by atoms with Crippen molar-refractivity contribution >= 4 is 44.1 Å². The van der Waals surface area contributed by atoms with Crippen molar-refractivity contribution in [1.29, 1.82) is 0 Å². The fraction of sp³-hybridized carbons (Fsp3) is 0.500. The minimum Gasteiger partial charge on any atom is -0.566 e. The molecule has 0 saturated heterocycles. The lowest BCUT2D eigenvalue weighted by Gasteiger charge is -2.19. The minimum absolute atomic E-state index is 1.14. The Balaban J connectivity index is 0. The molecular formula is C12H15O16P. The van der Waals surface area contributed by atoms with Crippen molar-refractivity contribution < 1.29 is 78.5 Å². The molecule has 7 N–H and O–H groups in total. The van der Waals surface area contributed by atoms with Gasteiger partial charge in [-0.15, -0.1) is 4.52 Å². The van der Waals surface area contributed by atoms with Crippen LogP contribution < -0.4 is 4.89 Å². The number of carbonyl (C=O) groups is 6. The first-order valence-electron chi connectivity index (χ1n) is 6.87. The van der Waals surface area contributed by atoms with Crippen LogP contribution in [0.4, 0.5) is 0 Å². The van der Waals surface area contributed by atoms with E-state index in [4.69, 9.17) is 35.7 Å². The maximum atomic E-state index is 10.7. The Hall–Kier alpha value is -3.20. The van der Waals surface area contributed by atoms with Crippen LogP contribution >= 0.6 is 8.25 Å². The van der Waals surface area contributed by atoms with Crippen LogP contribution in [0.2, 0.25) is 0 Å². The molecule has 0 aromatic heterocycles. The molecule has 0 heterocycles. The fourth-order valence-electron chi connectivity index (χ4n) is 1.66. The van der Waals surface area contributed by atoms with Crippen LogP contribution in [0.1, 0.15) is 25.7 Å². The molecule has 0 bridgehead atoms. The normalized spacial score (nSPS) is 11.4. The average Bonchev–Trinajstić information content (AvgIpc) is 2.43. The number of hydrogen-bond acceptors (Lipinski definition) is 10. The van der Waals surface area contributed by atoms with Gasteiger partial charge in [-0.1, -0.05) is 0 Å². The Kier molecular flexibility index (Phi) is 11.2. The van der Waals surface area contributed by atoms with Crippen molar-refractivity contribution in [3.63, 3.8) is 0 Å². The molecule has 17 heteroatoms. The van der Waals surface area contributed by atoms with E-state index in [1.807, 2.05) is 0 Å². The number of aliphatic carboxylic acids is 6. The van der Waals surface area contributed by atoms with E-state index in [0.717, 1.165) is 0 Å². The highest BCUT2D eigenvalue weighted by Crippen LogP contribution is 2.30. The Bertz CT molecular complexity index is 639. The minimum atomic E-state index is -3.69. The summed E-state index contributed by atoms with van der Waals surface area (Å²) >= 11 is 0. The zero-order valence-corrected chi connectivity index (χ0v) is 15.0. The van der Waals surface area contributed by atoms with E-state index in [9.17, 15) is 38.2 Å². The van der Waals surface area contributed by atoms with Crippen molar-refractivity contribution in [3.05, 3.63) is 0 Å². The van der Waals surface area contributed by atoms with Gasteiger partial charge in [0, 0.05) is 0 Å². The van der Waals surface area contributed by atoms with Gasteiger partial charge in [0.25, 0.3) is 0 Å². The molecule has 0 aromatic carbocycles. The zero-order valence-electron chi connectivity index (χ0n) is 14.1. The van der Waals surface area contributed by atoms with E-state index < -0.39 is 81.0 Å². The second kappa shape index (κ2) is 11.6. The molecule has 0 radical (unpaired) electrons. The second-order valence-electron chi connectivity index (χ2n) is 5.23. The van der Waals surface area contributed by atoms with Gasteiger partial charge in [-0.3, -0.25) is 19.2 Å². The quantitative estimate of drug-likeness (QED) is 0.153. The van der Waals surface area contributed by atoms with Gasteiger partial charge >= 0.3 is 44.1 Å². The van der Waals surface area contributed by atoms with E-state index in [0.29, 0.717) is 0 Å². The molecule has 0 rings (SSSR count). The molecule has 1 atom stereocenters. The van der Waals surface area contributed by atoms with Crippen molar-refractivity contribution in [2.24, 2.45) is 0 Å². The monoisotopic (exact) mass is 446 g/mol. The summed E-state index contributed by atoms with van der Waals surface area (Å²) in [5.74, 6) is -10.4. The summed E-state index contributed by atoms with van der Waals surface area (Å²) in [6.07, 6.45) is -4.85. The Morgan fingerprint density at radius 3 is 1.17 bits per heavy atom. The second-order valence-corrected chi connectivity index (χ2v) is 5.86. The Labute approximate surface area is 160 Å². The van der Waals surface area contributed by atoms with Gasteiger partial charge in [-0.25, -0.2) is 9.59 Å². The summed E-state index contributed by atoms with van der Waals surface area (Å²) in [6, 6.07) is 0. The largest absolute Gasteiger partial charge is 0.566 e. The number of carboxylic acids is 6. The van der Waals surface area contributed by atoms with E-state index in [1.165, 1.54) is 0 Å². The van der Waals surface area contributed by atoms with Crippen molar-refractivity contribution in [2.75, 3.05) is 0 Å². The predicted octanol–water partition coefficient (Wildman–Crippen LogP) is -2.45. The number of hydrogen-bond donors (Lipinski definition) is 7. The maximum absolute atomic E-state index is 10.7. The predicted molar refractivity (Wildman–Crippen MR) is 80.7 cm³/mol. The fourth-order valence-corrected chi connectivity index (χ4v) is 2.16. The van der Waals surface area contributed by atoms with Crippen LogP contribution in [0.3, 0.4) is 0 Å². The van der Waals surface area contributed by atoms with Crippen LogP contribution in [-0.2, 0) is 37.9 Å². The van der Waals surface area contributed by atoms with Gasteiger partial charge in [0.05, 0.1) is 25.7 Å². The lowest BCUT2D eigenvalue weighted by Crippen LogP contribution is -2.44. The summed E-state index contributed by atoms with van der Waals surface area (Å²) in [7, 11) is -3.69. The van der Waals surface area contributed by atoms with E-state index in [-0.39, 0.29) is 0 Å². The lowest BCUT2D eigenvalue weighted by molar-refractivity contribution is -0.204. The van der Waals surface area contributed by atoms with Gasteiger partial charge in [-0.05, 0) is 4.57 Å². The maximum Gasteiger partial charge on any atom is 0.489 e. The molecule has 16 nitrogen and oxygen atoms in total. The third-order valence-electron chi connectivity index (χ3n) is 2.80. The SMILES string of the molecule is O=C(O)CC(CC(=O)O)(O[P+](=O)[O-])C(=O)O.O=C(O)CC(O)(CC(=O)O)C(=O)O. The van der Waals surface area contributed by atoms with E-state index >= 15 is 0 Å². The summed E-state index contributed by atoms with van der Waals surface area (Å²) < 4.78 is 14.2. The zero-order chi connectivity index (χ0) is 23.6. The van der Waals surface area contributed by atoms with Crippen molar-refractivity contribution in [1.82, 2.24) is 0 Å². The van der Waals surface area contributed by atoms with Crippen LogP contribution in [0.25, 0.3) is 0 Å². The smallest absolute Gasteiger partial charge is 0.489 e. The molecule has 0 aromatic rings. The number of carboxylic acid groups (broad SMARTS) is 6. The highest BCUT2D eigenvalue weighted by Gasteiger charge is 2.49. The summed E-state index contributed by atoms with van der Waals surface area (Å²) in [5, 5.41) is 59.2. The van der Waals surface area contributed by atoms with Crippen LogP contribution in [0.5, 0.6) is 0 Å². The first kappa shape index (κ1) is 28.0. The molecular weight excluding hydrogens is 431 g/mol. The number of rotatable bonds is 12. The summed E-state index contributed by atoms with van der Waals surface area (Å²) in [6.45, 7) is 0. The van der Waals surface area contributed by atoms with Crippen LogP contribution in [-0.4, -0.2) is 82.8 Å². The highest BCUT2D eigenvalue weighted by molar-refractivity contribution is 7.30. The van der Waals surface area contributed by atoms with Crippen molar-refractivity contribution in [3.8, 4) is 0 Å². The molecule has 1 unspecified atom stereocenters. The summed E-state index contributed by atoms with van der Waals surface area (Å²) in [4.78, 5) is 72.1. The van der Waals surface area contributed by atoms with Crippen LogP contribution in [0, 0.1) is 0 Å². The average molecular weight is 446 g/mol. The Morgan fingerprint density at radius 1 is 0.690 bits per heavy atom.